The number of rotatable bonds is 4. The van der Waals surface area contributed by atoms with E-state index in [9.17, 15) is 4.79 Å². The summed E-state index contributed by atoms with van der Waals surface area (Å²) in [7, 11) is 0. The number of hydrogen-bond acceptors (Lipinski definition) is 2. The van der Waals surface area contributed by atoms with Crippen molar-refractivity contribution in [2.75, 3.05) is 6.54 Å². The lowest BCUT2D eigenvalue weighted by molar-refractivity contribution is -0.124. The lowest BCUT2D eigenvalue weighted by Gasteiger charge is -2.32. The second-order valence-corrected chi connectivity index (χ2v) is 5.92. The van der Waals surface area contributed by atoms with Crippen LogP contribution in [0.4, 0.5) is 0 Å². The zero-order valence-corrected chi connectivity index (χ0v) is 11.7. The zero-order valence-electron chi connectivity index (χ0n) is 11.7. The van der Waals surface area contributed by atoms with Gasteiger partial charge in [-0.1, -0.05) is 32.6 Å². The first kappa shape index (κ1) is 13.9. The summed E-state index contributed by atoms with van der Waals surface area (Å²) >= 11 is 0. The van der Waals surface area contributed by atoms with E-state index in [-0.39, 0.29) is 11.9 Å². The first-order valence-electron chi connectivity index (χ1n) is 7.85. The van der Waals surface area contributed by atoms with Gasteiger partial charge in [-0.05, 0) is 44.6 Å². The number of amides is 1. The number of carbonyl (C=O) groups excluding carboxylic acids is 1. The van der Waals surface area contributed by atoms with Crippen molar-refractivity contribution in [2.24, 2.45) is 5.92 Å². The average molecular weight is 252 g/mol. The van der Waals surface area contributed by atoms with Gasteiger partial charge in [-0.2, -0.15) is 0 Å². The molecule has 1 saturated carbocycles. The maximum atomic E-state index is 12.2. The van der Waals surface area contributed by atoms with E-state index < -0.39 is 0 Å². The fourth-order valence-corrected chi connectivity index (χ4v) is 3.45. The van der Waals surface area contributed by atoms with Gasteiger partial charge in [0, 0.05) is 6.04 Å². The molecule has 0 bridgehead atoms. The van der Waals surface area contributed by atoms with E-state index in [1.165, 1.54) is 44.9 Å². The van der Waals surface area contributed by atoms with E-state index in [4.69, 9.17) is 0 Å². The maximum absolute atomic E-state index is 12.2. The molecule has 0 spiro atoms. The normalized spacial score (nSPS) is 27.7. The summed E-state index contributed by atoms with van der Waals surface area (Å²) in [6.45, 7) is 3.20. The Hall–Kier alpha value is -0.570. The van der Waals surface area contributed by atoms with Crippen molar-refractivity contribution in [1.82, 2.24) is 10.6 Å². The highest BCUT2D eigenvalue weighted by molar-refractivity contribution is 5.82. The van der Waals surface area contributed by atoms with Gasteiger partial charge in [0.05, 0.1) is 6.04 Å². The third-order valence-electron chi connectivity index (χ3n) is 4.61. The van der Waals surface area contributed by atoms with Crippen LogP contribution in [-0.4, -0.2) is 24.5 Å². The van der Waals surface area contributed by atoms with Crippen LogP contribution in [-0.2, 0) is 4.79 Å². The summed E-state index contributed by atoms with van der Waals surface area (Å²) in [4.78, 5) is 12.2. The Morgan fingerprint density at radius 1 is 1.17 bits per heavy atom. The molecule has 1 heterocycles. The van der Waals surface area contributed by atoms with Crippen molar-refractivity contribution in [3.63, 3.8) is 0 Å². The molecule has 3 nitrogen and oxygen atoms in total. The Morgan fingerprint density at radius 3 is 2.50 bits per heavy atom. The van der Waals surface area contributed by atoms with Gasteiger partial charge in [0.25, 0.3) is 0 Å². The van der Waals surface area contributed by atoms with Gasteiger partial charge >= 0.3 is 0 Å². The van der Waals surface area contributed by atoms with Crippen LogP contribution in [0.15, 0.2) is 0 Å². The molecule has 104 valence electrons. The Kier molecular flexibility index (Phi) is 5.48. The molecule has 1 saturated heterocycles. The van der Waals surface area contributed by atoms with Gasteiger partial charge in [-0.3, -0.25) is 4.79 Å². The molecule has 3 heteroatoms. The van der Waals surface area contributed by atoms with Crippen LogP contribution in [0, 0.1) is 5.92 Å². The molecule has 2 rings (SSSR count). The molecule has 2 aliphatic rings. The van der Waals surface area contributed by atoms with Gasteiger partial charge in [0.2, 0.25) is 5.91 Å². The second kappa shape index (κ2) is 7.13. The number of nitrogens with one attached hydrogen (secondary N) is 2. The summed E-state index contributed by atoms with van der Waals surface area (Å²) < 4.78 is 0. The molecule has 2 N–H and O–H groups in total. The first-order valence-corrected chi connectivity index (χ1v) is 7.85. The molecule has 1 unspecified atom stereocenters. The van der Waals surface area contributed by atoms with E-state index in [1.807, 2.05) is 0 Å². The van der Waals surface area contributed by atoms with Crippen molar-refractivity contribution in [3.05, 3.63) is 0 Å². The highest BCUT2D eigenvalue weighted by Crippen LogP contribution is 2.27. The third-order valence-corrected chi connectivity index (χ3v) is 4.61. The third kappa shape index (κ3) is 3.71. The van der Waals surface area contributed by atoms with E-state index in [1.54, 1.807) is 0 Å². The standard InChI is InChI=1S/C15H28N2O/c1-2-13(12-8-4-3-5-9-12)17-15(18)14-10-6-7-11-16-14/h12-14,16H,2-11H2,1H3,(H,17,18)/t13?,14-/m1/s1. The molecular formula is C15H28N2O. The van der Waals surface area contributed by atoms with Gasteiger partial charge in [-0.25, -0.2) is 0 Å². The zero-order chi connectivity index (χ0) is 12.8. The molecule has 1 amide bonds. The highest BCUT2D eigenvalue weighted by atomic mass is 16.2. The predicted molar refractivity (Wildman–Crippen MR) is 74.4 cm³/mol. The Balaban J connectivity index is 1.82. The molecule has 2 fully saturated rings. The average Bonchev–Trinajstić information content (AvgIpc) is 2.46. The minimum absolute atomic E-state index is 0.0661. The Bertz CT molecular complexity index is 255. The number of hydrogen-bond donors (Lipinski definition) is 2. The number of carbonyl (C=O) groups is 1. The molecule has 1 aliphatic carbocycles. The monoisotopic (exact) mass is 252 g/mol. The lowest BCUT2D eigenvalue weighted by atomic mass is 9.82. The fraction of sp³-hybridized carbons (Fsp3) is 0.933. The highest BCUT2D eigenvalue weighted by Gasteiger charge is 2.27. The van der Waals surface area contributed by atoms with Crippen LogP contribution in [0.3, 0.4) is 0 Å². The van der Waals surface area contributed by atoms with Crippen molar-refractivity contribution >= 4 is 5.91 Å². The smallest absolute Gasteiger partial charge is 0.237 e. The van der Waals surface area contributed by atoms with Crippen LogP contribution in [0.5, 0.6) is 0 Å². The van der Waals surface area contributed by atoms with Gasteiger partial charge < -0.3 is 10.6 Å². The predicted octanol–water partition coefficient (Wildman–Crippen LogP) is 2.60. The molecule has 0 aromatic carbocycles. The number of piperidine rings is 1. The van der Waals surface area contributed by atoms with Crippen LogP contribution < -0.4 is 10.6 Å². The van der Waals surface area contributed by atoms with Gasteiger partial charge in [0.15, 0.2) is 0 Å². The van der Waals surface area contributed by atoms with E-state index in [2.05, 4.69) is 17.6 Å². The maximum Gasteiger partial charge on any atom is 0.237 e. The van der Waals surface area contributed by atoms with Crippen molar-refractivity contribution in [1.29, 1.82) is 0 Å². The largest absolute Gasteiger partial charge is 0.352 e. The molecule has 0 aromatic heterocycles. The molecule has 0 radical (unpaired) electrons. The molecule has 2 atom stereocenters. The topological polar surface area (TPSA) is 41.1 Å². The molecule has 0 aromatic rings. The van der Waals surface area contributed by atoms with Gasteiger partial charge in [0.1, 0.15) is 0 Å². The minimum Gasteiger partial charge on any atom is -0.352 e. The minimum atomic E-state index is 0.0661. The van der Waals surface area contributed by atoms with E-state index >= 15 is 0 Å². The summed E-state index contributed by atoms with van der Waals surface area (Å²) in [5.41, 5.74) is 0. The molecule has 18 heavy (non-hydrogen) atoms. The second-order valence-electron chi connectivity index (χ2n) is 5.92. The summed E-state index contributed by atoms with van der Waals surface area (Å²) in [5, 5.41) is 6.64. The molecular weight excluding hydrogens is 224 g/mol. The van der Waals surface area contributed by atoms with Crippen molar-refractivity contribution in [3.8, 4) is 0 Å². The quantitative estimate of drug-likeness (QED) is 0.807. The summed E-state index contributed by atoms with van der Waals surface area (Å²) in [6, 6.07) is 0.470. The van der Waals surface area contributed by atoms with Crippen molar-refractivity contribution in [2.45, 2.75) is 76.8 Å². The lowest BCUT2D eigenvalue weighted by Crippen LogP contribution is -2.51. The van der Waals surface area contributed by atoms with Crippen LogP contribution in [0.25, 0.3) is 0 Å². The summed E-state index contributed by atoms with van der Waals surface area (Å²) in [5.74, 6) is 0.961. The summed E-state index contributed by atoms with van der Waals surface area (Å²) in [6.07, 6.45) is 11.2. The van der Waals surface area contributed by atoms with Crippen LogP contribution >= 0.6 is 0 Å². The van der Waals surface area contributed by atoms with Crippen LogP contribution in [0.1, 0.15) is 64.7 Å². The first-order chi connectivity index (χ1) is 8.81. The van der Waals surface area contributed by atoms with E-state index in [0.29, 0.717) is 6.04 Å². The fourth-order valence-electron chi connectivity index (χ4n) is 3.45. The Labute approximate surface area is 111 Å². The van der Waals surface area contributed by atoms with Crippen molar-refractivity contribution < 1.29 is 4.79 Å². The van der Waals surface area contributed by atoms with Crippen LogP contribution in [0.2, 0.25) is 0 Å². The molecule has 1 aliphatic heterocycles. The Morgan fingerprint density at radius 2 is 1.89 bits per heavy atom. The van der Waals surface area contributed by atoms with Gasteiger partial charge in [-0.15, -0.1) is 0 Å². The SMILES string of the molecule is CCC(NC(=O)[C@H]1CCCCN1)C1CCCCC1. The van der Waals surface area contributed by atoms with E-state index in [0.717, 1.165) is 25.3 Å².